The number of rotatable bonds is 7. The Morgan fingerprint density at radius 1 is 1.29 bits per heavy atom. The van der Waals surface area contributed by atoms with Crippen molar-refractivity contribution in [1.82, 2.24) is 14.4 Å². The molecule has 0 N–H and O–H groups in total. The summed E-state index contributed by atoms with van der Waals surface area (Å²) in [6, 6.07) is 5.84. The summed E-state index contributed by atoms with van der Waals surface area (Å²) in [5.41, 5.74) is 2.35. The standard InChI is InChI=1S/C21H29N3O4/c1-22(2)7-6-16-11-24(19-10-17(26-3)4-5-18(16)19)20(25)28-9-8-23-12-21(13-23)14-27-15-21/h4-5,10-11H,6-9,12-15H2,1-3H3. The Kier molecular flexibility index (Phi) is 5.31. The van der Waals surface area contributed by atoms with Crippen molar-refractivity contribution in [3.8, 4) is 5.75 Å². The molecular formula is C21H29N3O4. The number of ether oxygens (including phenoxy) is 3. The summed E-state index contributed by atoms with van der Waals surface area (Å²) in [6.45, 7) is 5.91. The molecule has 2 fully saturated rings. The van der Waals surface area contributed by atoms with Crippen LogP contribution in [0.4, 0.5) is 4.79 Å². The molecule has 1 aromatic carbocycles. The lowest BCUT2D eigenvalue weighted by Crippen LogP contribution is -2.66. The van der Waals surface area contributed by atoms with E-state index in [1.165, 1.54) is 0 Å². The number of aromatic nitrogens is 1. The molecule has 0 amide bonds. The Bertz CT molecular complexity index is 849. The van der Waals surface area contributed by atoms with Gasteiger partial charge in [0.15, 0.2) is 0 Å². The molecule has 1 spiro atoms. The average Bonchev–Trinajstić information content (AvgIpc) is 2.98. The van der Waals surface area contributed by atoms with Gasteiger partial charge in [0.1, 0.15) is 12.4 Å². The first-order chi connectivity index (χ1) is 13.5. The van der Waals surface area contributed by atoms with E-state index in [1.807, 2.05) is 38.5 Å². The second-order valence-corrected chi connectivity index (χ2v) is 8.28. The van der Waals surface area contributed by atoms with E-state index >= 15 is 0 Å². The quantitative estimate of drug-likeness (QED) is 0.725. The smallest absolute Gasteiger partial charge is 0.418 e. The van der Waals surface area contributed by atoms with Gasteiger partial charge in [0.2, 0.25) is 0 Å². The maximum absolute atomic E-state index is 12.7. The van der Waals surface area contributed by atoms with Gasteiger partial charge in [-0.3, -0.25) is 9.47 Å². The van der Waals surface area contributed by atoms with Crippen molar-refractivity contribution in [2.75, 3.05) is 67.2 Å². The van der Waals surface area contributed by atoms with Crippen LogP contribution in [0.15, 0.2) is 24.4 Å². The molecule has 0 aliphatic carbocycles. The zero-order valence-electron chi connectivity index (χ0n) is 16.9. The van der Waals surface area contributed by atoms with Gasteiger partial charge in [0, 0.05) is 49.2 Å². The molecule has 0 saturated carbocycles. The SMILES string of the molecule is COc1ccc2c(CCN(C)C)cn(C(=O)OCCN3CC4(COC4)C3)c2c1. The maximum Gasteiger partial charge on any atom is 0.418 e. The van der Waals surface area contributed by atoms with E-state index in [-0.39, 0.29) is 6.09 Å². The first-order valence-electron chi connectivity index (χ1n) is 9.80. The zero-order valence-corrected chi connectivity index (χ0v) is 16.9. The molecule has 0 bridgehead atoms. The van der Waals surface area contributed by atoms with Gasteiger partial charge in [-0.2, -0.15) is 0 Å². The minimum absolute atomic E-state index is 0.337. The normalized spacial score (nSPS) is 18.3. The van der Waals surface area contributed by atoms with Crippen molar-refractivity contribution >= 4 is 17.0 Å². The van der Waals surface area contributed by atoms with E-state index in [1.54, 1.807) is 11.7 Å². The molecule has 7 heteroatoms. The minimum atomic E-state index is -0.337. The summed E-state index contributed by atoms with van der Waals surface area (Å²) in [4.78, 5) is 17.2. The Hall–Kier alpha value is -2.09. The summed E-state index contributed by atoms with van der Waals surface area (Å²) in [5, 5.41) is 1.06. The highest BCUT2D eigenvalue weighted by molar-refractivity contribution is 5.92. The van der Waals surface area contributed by atoms with Crippen molar-refractivity contribution in [2.24, 2.45) is 5.41 Å². The van der Waals surface area contributed by atoms with E-state index in [0.717, 1.165) is 68.0 Å². The van der Waals surface area contributed by atoms with Crippen LogP contribution in [-0.2, 0) is 15.9 Å². The van der Waals surface area contributed by atoms with Crippen molar-refractivity contribution in [3.63, 3.8) is 0 Å². The monoisotopic (exact) mass is 387 g/mol. The molecule has 3 heterocycles. The first kappa shape index (κ1) is 19.2. The van der Waals surface area contributed by atoms with Crippen LogP contribution in [0.25, 0.3) is 10.9 Å². The summed E-state index contributed by atoms with van der Waals surface area (Å²) in [6.07, 6.45) is 2.44. The highest BCUT2D eigenvalue weighted by Gasteiger charge is 2.48. The van der Waals surface area contributed by atoms with Crippen LogP contribution >= 0.6 is 0 Å². The molecule has 7 nitrogen and oxygen atoms in total. The highest BCUT2D eigenvalue weighted by Crippen LogP contribution is 2.37. The number of fused-ring (bicyclic) bond motifs is 1. The molecule has 0 unspecified atom stereocenters. The summed E-state index contributed by atoms with van der Waals surface area (Å²) < 4.78 is 17.8. The zero-order chi connectivity index (χ0) is 19.7. The van der Waals surface area contributed by atoms with Crippen LogP contribution in [0.2, 0.25) is 0 Å². The van der Waals surface area contributed by atoms with Crippen LogP contribution < -0.4 is 4.74 Å². The van der Waals surface area contributed by atoms with E-state index in [0.29, 0.717) is 12.0 Å². The molecule has 1 aromatic heterocycles. The van der Waals surface area contributed by atoms with Gasteiger partial charge in [0.25, 0.3) is 0 Å². The fourth-order valence-corrected chi connectivity index (χ4v) is 4.06. The maximum atomic E-state index is 12.7. The Balaban J connectivity index is 1.42. The van der Waals surface area contributed by atoms with E-state index < -0.39 is 0 Å². The average molecular weight is 387 g/mol. The van der Waals surface area contributed by atoms with Crippen LogP contribution in [0, 0.1) is 5.41 Å². The molecule has 2 aliphatic heterocycles. The number of hydrogen-bond donors (Lipinski definition) is 0. The molecule has 152 valence electrons. The van der Waals surface area contributed by atoms with Gasteiger partial charge in [-0.1, -0.05) is 0 Å². The number of carbonyl (C=O) groups excluding carboxylic acids is 1. The Labute approximate surface area is 165 Å². The minimum Gasteiger partial charge on any atom is -0.497 e. The summed E-state index contributed by atoms with van der Waals surface area (Å²) in [7, 11) is 5.73. The van der Waals surface area contributed by atoms with Crippen LogP contribution in [0.1, 0.15) is 5.56 Å². The number of nitrogens with zero attached hydrogens (tertiary/aromatic N) is 3. The number of methoxy groups -OCH3 is 1. The van der Waals surface area contributed by atoms with Crippen LogP contribution in [0.5, 0.6) is 5.75 Å². The summed E-state index contributed by atoms with van der Waals surface area (Å²) in [5.74, 6) is 0.729. The van der Waals surface area contributed by atoms with Gasteiger partial charge >= 0.3 is 6.09 Å². The lowest BCUT2D eigenvalue weighted by molar-refractivity contribution is -0.190. The van der Waals surface area contributed by atoms with E-state index in [9.17, 15) is 4.79 Å². The molecule has 2 aromatic rings. The number of hydrogen-bond acceptors (Lipinski definition) is 6. The van der Waals surface area contributed by atoms with Gasteiger partial charge < -0.3 is 19.1 Å². The predicted octanol–water partition coefficient (Wildman–Crippen LogP) is 2.07. The Morgan fingerprint density at radius 3 is 2.71 bits per heavy atom. The third-order valence-electron chi connectivity index (χ3n) is 5.69. The Morgan fingerprint density at radius 2 is 2.07 bits per heavy atom. The van der Waals surface area contributed by atoms with Crippen LogP contribution in [-0.4, -0.2) is 87.7 Å². The van der Waals surface area contributed by atoms with Crippen molar-refractivity contribution in [3.05, 3.63) is 30.0 Å². The number of likely N-dealkylation sites (N-methyl/N-ethyl adjacent to an activating group) is 1. The van der Waals surface area contributed by atoms with Crippen molar-refractivity contribution in [2.45, 2.75) is 6.42 Å². The van der Waals surface area contributed by atoms with E-state index in [2.05, 4.69) is 9.80 Å². The molecule has 0 radical (unpaired) electrons. The molecular weight excluding hydrogens is 358 g/mol. The van der Waals surface area contributed by atoms with Gasteiger partial charge in [-0.25, -0.2) is 4.79 Å². The molecule has 28 heavy (non-hydrogen) atoms. The number of likely N-dealkylation sites (tertiary alicyclic amines) is 1. The third kappa shape index (κ3) is 3.74. The fraction of sp³-hybridized carbons (Fsp3) is 0.571. The molecule has 0 atom stereocenters. The molecule has 4 rings (SSSR count). The molecule has 2 aliphatic rings. The van der Waals surface area contributed by atoms with Crippen molar-refractivity contribution < 1.29 is 19.0 Å². The topological polar surface area (TPSA) is 56.2 Å². The summed E-state index contributed by atoms with van der Waals surface area (Å²) >= 11 is 0. The lowest BCUT2D eigenvalue weighted by atomic mass is 9.78. The lowest BCUT2D eigenvalue weighted by Gasteiger charge is -2.55. The predicted molar refractivity (Wildman–Crippen MR) is 107 cm³/mol. The third-order valence-corrected chi connectivity index (χ3v) is 5.69. The largest absolute Gasteiger partial charge is 0.497 e. The second-order valence-electron chi connectivity index (χ2n) is 8.28. The van der Waals surface area contributed by atoms with E-state index in [4.69, 9.17) is 14.2 Å². The van der Waals surface area contributed by atoms with Gasteiger partial charge in [0.05, 0.1) is 25.8 Å². The van der Waals surface area contributed by atoms with Crippen molar-refractivity contribution in [1.29, 1.82) is 0 Å². The van der Waals surface area contributed by atoms with Gasteiger partial charge in [-0.15, -0.1) is 0 Å². The number of carbonyl (C=O) groups is 1. The first-order valence-corrected chi connectivity index (χ1v) is 9.80. The number of benzene rings is 1. The fourth-order valence-electron chi connectivity index (χ4n) is 4.06. The molecule has 2 saturated heterocycles. The highest BCUT2D eigenvalue weighted by atomic mass is 16.5. The van der Waals surface area contributed by atoms with Crippen LogP contribution in [0.3, 0.4) is 0 Å². The second kappa shape index (κ2) is 7.73. The van der Waals surface area contributed by atoms with Gasteiger partial charge in [-0.05, 0) is 38.2 Å².